The van der Waals surface area contributed by atoms with E-state index >= 15 is 0 Å². The van der Waals surface area contributed by atoms with Crippen LogP contribution in [0.15, 0.2) is 71.6 Å². The van der Waals surface area contributed by atoms with Crippen LogP contribution in [0, 0.1) is 12.7 Å². The van der Waals surface area contributed by atoms with Gasteiger partial charge in [-0.15, -0.1) is 0 Å². The maximum atomic E-state index is 13.1. The normalized spacial score (nSPS) is 11.2. The number of carbonyl (C=O) groups is 1. The van der Waals surface area contributed by atoms with Crippen molar-refractivity contribution in [3.05, 3.63) is 88.7 Å². The number of hydrogen-bond acceptors (Lipinski definition) is 3. The van der Waals surface area contributed by atoms with Gasteiger partial charge in [-0.2, -0.15) is 0 Å². The smallest absolute Gasteiger partial charge is 0.264 e. The van der Waals surface area contributed by atoms with Gasteiger partial charge in [0.05, 0.1) is 10.6 Å². The van der Waals surface area contributed by atoms with E-state index in [1.807, 2.05) is 6.92 Å². The number of rotatable bonds is 5. The van der Waals surface area contributed by atoms with Crippen LogP contribution in [-0.4, -0.2) is 21.4 Å². The third-order valence-corrected chi connectivity index (χ3v) is 6.56. The summed E-state index contributed by atoms with van der Waals surface area (Å²) in [5.41, 5.74) is 1.86. The maximum Gasteiger partial charge on any atom is 0.264 e. The van der Waals surface area contributed by atoms with E-state index in [4.69, 9.17) is 11.6 Å². The molecule has 0 atom stereocenters. The lowest BCUT2D eigenvalue weighted by molar-refractivity contribution is 0.102. The van der Waals surface area contributed by atoms with Gasteiger partial charge in [-0.1, -0.05) is 23.7 Å². The fraction of sp³-hybridized carbons (Fsp3) is 0.0952. The number of benzene rings is 3. The quantitative estimate of drug-likeness (QED) is 0.625. The fourth-order valence-corrected chi connectivity index (χ4v) is 4.04. The molecule has 0 fully saturated rings. The van der Waals surface area contributed by atoms with E-state index in [-0.39, 0.29) is 10.5 Å². The van der Waals surface area contributed by atoms with Crippen LogP contribution in [-0.2, 0) is 10.0 Å². The SMILES string of the molecule is Cc1ccc(NC(=O)c2cccc(S(=O)(=O)N(C)c3ccc(F)cc3)c2)cc1Cl. The van der Waals surface area contributed by atoms with Crippen molar-refractivity contribution in [2.24, 2.45) is 0 Å². The number of anilines is 2. The van der Waals surface area contributed by atoms with Crippen molar-refractivity contribution in [1.29, 1.82) is 0 Å². The number of nitrogens with zero attached hydrogens (tertiary/aromatic N) is 1. The van der Waals surface area contributed by atoms with E-state index in [0.29, 0.717) is 16.4 Å². The monoisotopic (exact) mass is 432 g/mol. The summed E-state index contributed by atoms with van der Waals surface area (Å²) in [5.74, 6) is -0.930. The number of sulfonamides is 1. The highest BCUT2D eigenvalue weighted by molar-refractivity contribution is 7.92. The van der Waals surface area contributed by atoms with Gasteiger partial charge < -0.3 is 5.32 Å². The minimum Gasteiger partial charge on any atom is -0.322 e. The Balaban J connectivity index is 1.86. The molecule has 150 valence electrons. The van der Waals surface area contributed by atoms with Crippen molar-refractivity contribution in [2.75, 3.05) is 16.7 Å². The first-order valence-electron chi connectivity index (χ1n) is 8.60. The standard InChI is InChI=1S/C21H18ClFN2O3S/c1-14-6-9-17(13-20(14)22)24-21(26)15-4-3-5-19(12-15)29(27,28)25(2)18-10-7-16(23)8-11-18/h3-13H,1-2H3,(H,24,26). The second-order valence-electron chi connectivity index (χ2n) is 6.39. The molecule has 3 rings (SSSR count). The van der Waals surface area contributed by atoms with Gasteiger partial charge in [0.2, 0.25) is 0 Å². The minimum absolute atomic E-state index is 0.0566. The first kappa shape index (κ1) is 20.8. The zero-order valence-electron chi connectivity index (χ0n) is 15.7. The molecule has 3 aromatic carbocycles. The van der Waals surface area contributed by atoms with E-state index in [2.05, 4.69) is 5.32 Å². The molecule has 8 heteroatoms. The van der Waals surface area contributed by atoms with E-state index in [1.54, 1.807) is 18.2 Å². The molecule has 29 heavy (non-hydrogen) atoms. The van der Waals surface area contributed by atoms with E-state index < -0.39 is 21.7 Å². The highest BCUT2D eigenvalue weighted by Crippen LogP contribution is 2.24. The van der Waals surface area contributed by atoms with Crippen LogP contribution in [0.4, 0.5) is 15.8 Å². The van der Waals surface area contributed by atoms with Crippen molar-refractivity contribution in [1.82, 2.24) is 0 Å². The molecule has 1 N–H and O–H groups in total. The molecular formula is C21H18ClFN2O3S. The van der Waals surface area contributed by atoms with Crippen molar-refractivity contribution in [2.45, 2.75) is 11.8 Å². The molecule has 0 aromatic heterocycles. The lowest BCUT2D eigenvalue weighted by Gasteiger charge is -2.20. The summed E-state index contributed by atoms with van der Waals surface area (Å²) in [6, 6.07) is 15.9. The van der Waals surface area contributed by atoms with Crippen molar-refractivity contribution < 1.29 is 17.6 Å². The van der Waals surface area contributed by atoms with Gasteiger partial charge in [0.25, 0.3) is 15.9 Å². The predicted octanol–water partition coefficient (Wildman–Crippen LogP) is 4.86. The Morgan fingerprint density at radius 3 is 2.38 bits per heavy atom. The predicted molar refractivity (Wildman–Crippen MR) is 113 cm³/mol. The zero-order chi connectivity index (χ0) is 21.2. The molecule has 3 aromatic rings. The molecular weight excluding hydrogens is 415 g/mol. The molecule has 5 nitrogen and oxygen atoms in total. The van der Waals surface area contributed by atoms with Crippen LogP contribution < -0.4 is 9.62 Å². The zero-order valence-corrected chi connectivity index (χ0v) is 17.3. The van der Waals surface area contributed by atoms with Gasteiger partial charge in [0.15, 0.2) is 0 Å². The second kappa shape index (κ2) is 8.23. The number of carbonyl (C=O) groups excluding carboxylic acids is 1. The molecule has 0 aliphatic rings. The molecule has 0 bridgehead atoms. The number of nitrogens with one attached hydrogen (secondary N) is 1. The van der Waals surface area contributed by atoms with E-state index in [9.17, 15) is 17.6 Å². The van der Waals surface area contributed by atoms with Crippen LogP contribution >= 0.6 is 11.6 Å². The lowest BCUT2D eigenvalue weighted by atomic mass is 10.2. The van der Waals surface area contributed by atoms with E-state index in [0.717, 1.165) is 9.87 Å². The maximum absolute atomic E-state index is 13.1. The van der Waals surface area contributed by atoms with Crippen LogP contribution in [0.2, 0.25) is 5.02 Å². The average molecular weight is 433 g/mol. The molecule has 0 radical (unpaired) electrons. The van der Waals surface area contributed by atoms with Crippen LogP contribution in [0.1, 0.15) is 15.9 Å². The topological polar surface area (TPSA) is 66.5 Å². The summed E-state index contributed by atoms with van der Waals surface area (Å²) < 4.78 is 40.0. The number of aryl methyl sites for hydroxylation is 1. The number of halogens is 2. The molecule has 0 saturated carbocycles. The summed E-state index contributed by atoms with van der Waals surface area (Å²) in [7, 11) is -2.57. The van der Waals surface area contributed by atoms with E-state index in [1.165, 1.54) is 55.6 Å². The van der Waals surface area contributed by atoms with Crippen LogP contribution in [0.25, 0.3) is 0 Å². The molecule has 0 saturated heterocycles. The van der Waals surface area contributed by atoms with Gasteiger partial charge >= 0.3 is 0 Å². The van der Waals surface area contributed by atoms with Gasteiger partial charge in [-0.05, 0) is 67.1 Å². The summed E-state index contributed by atoms with van der Waals surface area (Å²) in [5, 5.41) is 3.21. The lowest BCUT2D eigenvalue weighted by Crippen LogP contribution is -2.26. The summed E-state index contributed by atoms with van der Waals surface area (Å²) in [6.07, 6.45) is 0. The second-order valence-corrected chi connectivity index (χ2v) is 8.77. The Labute approximate surface area is 173 Å². The first-order valence-corrected chi connectivity index (χ1v) is 10.4. The Bertz CT molecular complexity index is 1160. The largest absolute Gasteiger partial charge is 0.322 e. The highest BCUT2D eigenvalue weighted by Gasteiger charge is 2.22. The number of hydrogen-bond donors (Lipinski definition) is 1. The van der Waals surface area contributed by atoms with Crippen LogP contribution in [0.3, 0.4) is 0 Å². The number of amides is 1. The molecule has 0 spiro atoms. The Morgan fingerprint density at radius 1 is 1.03 bits per heavy atom. The summed E-state index contributed by atoms with van der Waals surface area (Å²) in [6.45, 7) is 1.85. The minimum atomic E-state index is -3.94. The Kier molecular flexibility index (Phi) is 5.91. The Hall–Kier alpha value is -2.90. The molecule has 1 amide bonds. The van der Waals surface area contributed by atoms with Crippen LogP contribution in [0.5, 0.6) is 0 Å². The Morgan fingerprint density at radius 2 is 1.72 bits per heavy atom. The molecule has 0 unspecified atom stereocenters. The van der Waals surface area contributed by atoms with Crippen molar-refractivity contribution >= 4 is 38.9 Å². The summed E-state index contributed by atoms with van der Waals surface area (Å²) >= 11 is 6.07. The summed E-state index contributed by atoms with van der Waals surface area (Å²) in [4.78, 5) is 12.5. The van der Waals surface area contributed by atoms with Gasteiger partial charge in [-0.25, -0.2) is 12.8 Å². The van der Waals surface area contributed by atoms with Gasteiger partial charge in [-0.3, -0.25) is 9.10 Å². The first-order chi connectivity index (χ1) is 13.7. The molecule has 0 aliphatic heterocycles. The molecule has 0 aliphatic carbocycles. The average Bonchev–Trinajstić information content (AvgIpc) is 2.71. The third-order valence-electron chi connectivity index (χ3n) is 4.37. The van der Waals surface area contributed by atoms with Crippen molar-refractivity contribution in [3.63, 3.8) is 0 Å². The molecule has 0 heterocycles. The van der Waals surface area contributed by atoms with Gasteiger partial charge in [0.1, 0.15) is 5.82 Å². The fourth-order valence-electron chi connectivity index (χ4n) is 2.62. The third kappa shape index (κ3) is 4.58. The van der Waals surface area contributed by atoms with Crippen molar-refractivity contribution in [3.8, 4) is 0 Å². The van der Waals surface area contributed by atoms with Gasteiger partial charge in [0, 0.05) is 23.3 Å². The highest BCUT2D eigenvalue weighted by atomic mass is 35.5.